The third kappa shape index (κ3) is 5.96. The Morgan fingerprint density at radius 3 is 2.23 bits per heavy atom. The van der Waals surface area contributed by atoms with E-state index in [1.54, 1.807) is 0 Å². The molecule has 1 amide bonds. The van der Waals surface area contributed by atoms with E-state index in [0.717, 1.165) is 23.3 Å². The molecule has 166 valence electrons. The van der Waals surface area contributed by atoms with Gasteiger partial charge in [0.2, 0.25) is 0 Å². The highest BCUT2D eigenvalue weighted by atomic mass is 19.4. The molecule has 1 N–H and O–H groups in total. The van der Waals surface area contributed by atoms with Crippen LogP contribution in [0.2, 0.25) is 0 Å². The number of rotatable bonds is 3. The van der Waals surface area contributed by atoms with Crippen molar-refractivity contribution >= 4 is 12.1 Å². The zero-order chi connectivity index (χ0) is 22.8. The van der Waals surface area contributed by atoms with Crippen LogP contribution in [0.1, 0.15) is 24.0 Å². The zero-order valence-corrected chi connectivity index (χ0v) is 15.7. The van der Waals surface area contributed by atoms with Gasteiger partial charge in [0, 0.05) is 35.8 Å². The van der Waals surface area contributed by atoms with Crippen molar-refractivity contribution in [2.45, 2.75) is 31.3 Å². The Morgan fingerprint density at radius 1 is 1.10 bits per heavy atom. The Hall–Kier alpha value is -3.09. The van der Waals surface area contributed by atoms with Gasteiger partial charge in [-0.25, -0.2) is 9.67 Å². The number of alkyl halides is 6. The van der Waals surface area contributed by atoms with Crippen LogP contribution in [-0.4, -0.2) is 49.7 Å². The molecule has 3 rings (SSSR count). The van der Waals surface area contributed by atoms with Crippen LogP contribution in [0.3, 0.4) is 0 Å². The lowest BCUT2D eigenvalue weighted by Gasteiger charge is -2.13. The topological polar surface area (TPSA) is 83.4 Å². The Balaban J connectivity index is 1.81. The van der Waals surface area contributed by atoms with Crippen LogP contribution in [0.25, 0.3) is 17.6 Å². The fourth-order valence-electron chi connectivity index (χ4n) is 2.83. The lowest BCUT2D eigenvalue weighted by molar-refractivity contribution is -0.600. The number of piperidine rings is 1. The van der Waals surface area contributed by atoms with E-state index in [0.29, 0.717) is 38.1 Å². The molecule has 0 unspecified atom stereocenters. The second-order valence-electron chi connectivity index (χ2n) is 6.78. The summed E-state index contributed by atoms with van der Waals surface area (Å²) in [5.41, 5.74) is -3.44. The number of carbonyl (C=O) groups is 1. The molecule has 31 heavy (non-hydrogen) atoms. The minimum absolute atomic E-state index is 0.0140. The summed E-state index contributed by atoms with van der Waals surface area (Å²) in [6.45, 7) is 0.816. The predicted octanol–water partition coefficient (Wildman–Crippen LogP) is 3.60. The minimum atomic E-state index is -4.99. The summed E-state index contributed by atoms with van der Waals surface area (Å²) >= 11 is 0. The van der Waals surface area contributed by atoms with E-state index in [9.17, 15) is 36.2 Å². The summed E-state index contributed by atoms with van der Waals surface area (Å²) < 4.78 is 80.4. The SMILES string of the molecule is O=C(C=Cn1cnc(-c2cc(C(F)(F)F)cc(C(F)(F)F)c2)n1)N=[N+]1CCC(O)CC1. The van der Waals surface area contributed by atoms with E-state index in [1.807, 2.05) is 0 Å². The highest BCUT2D eigenvalue weighted by Crippen LogP contribution is 2.38. The molecule has 7 nitrogen and oxygen atoms in total. The Labute approximate surface area is 171 Å². The summed E-state index contributed by atoms with van der Waals surface area (Å²) in [7, 11) is 0. The molecule has 2 heterocycles. The highest BCUT2D eigenvalue weighted by Gasteiger charge is 2.37. The number of benzene rings is 1. The molecule has 1 aromatic heterocycles. The van der Waals surface area contributed by atoms with Gasteiger partial charge >= 0.3 is 18.3 Å². The van der Waals surface area contributed by atoms with Crippen molar-refractivity contribution in [1.82, 2.24) is 14.8 Å². The molecule has 1 aromatic carbocycles. The number of amides is 1. The van der Waals surface area contributed by atoms with Gasteiger partial charge in [-0.05, 0) is 18.2 Å². The van der Waals surface area contributed by atoms with Crippen LogP contribution < -0.4 is 0 Å². The van der Waals surface area contributed by atoms with Crippen molar-refractivity contribution in [2.75, 3.05) is 13.1 Å². The second-order valence-corrected chi connectivity index (χ2v) is 6.78. The van der Waals surface area contributed by atoms with Crippen molar-refractivity contribution in [3.63, 3.8) is 0 Å². The monoisotopic (exact) mass is 448 g/mol. The number of nitrogens with zero attached hydrogens (tertiary/aromatic N) is 5. The molecule has 0 radical (unpaired) electrons. The van der Waals surface area contributed by atoms with Crippen LogP contribution >= 0.6 is 0 Å². The van der Waals surface area contributed by atoms with Crippen LogP contribution in [0, 0.1) is 0 Å². The second kappa shape index (κ2) is 8.57. The lowest BCUT2D eigenvalue weighted by Crippen LogP contribution is -2.28. The van der Waals surface area contributed by atoms with Crippen LogP contribution in [-0.2, 0) is 17.1 Å². The maximum absolute atomic E-state index is 13.0. The molecule has 1 fully saturated rings. The standard InChI is InChI=1S/C18H16F6N5O2/c19-17(20,21)12-7-11(8-13(9-12)18(22,23)24)16-25-10-29(27-16)6-3-15(31)26-28-4-1-14(30)2-5-28/h3,6-10,14,30H,1-2,4-5H2/q+1. The number of hydrogen-bond acceptors (Lipinski definition) is 4. The molecule has 0 aliphatic carbocycles. The van der Waals surface area contributed by atoms with Gasteiger partial charge in [-0.15, -0.1) is 9.80 Å². The molecule has 1 aliphatic heterocycles. The number of aliphatic hydroxyl groups is 1. The maximum Gasteiger partial charge on any atom is 0.416 e. The molecule has 2 aromatic rings. The molecule has 0 spiro atoms. The molecule has 0 atom stereocenters. The minimum Gasteiger partial charge on any atom is -0.393 e. The van der Waals surface area contributed by atoms with Crippen molar-refractivity contribution in [3.05, 3.63) is 41.7 Å². The van der Waals surface area contributed by atoms with Gasteiger partial charge in [0.25, 0.3) is 0 Å². The molecule has 0 saturated carbocycles. The first-order chi connectivity index (χ1) is 14.4. The zero-order valence-electron chi connectivity index (χ0n) is 15.7. The van der Waals surface area contributed by atoms with E-state index in [1.165, 1.54) is 4.70 Å². The molecule has 13 heteroatoms. The summed E-state index contributed by atoms with van der Waals surface area (Å²) in [5.74, 6) is -1.03. The van der Waals surface area contributed by atoms with E-state index in [4.69, 9.17) is 0 Å². The van der Waals surface area contributed by atoms with Crippen molar-refractivity contribution in [3.8, 4) is 11.4 Å². The molecule has 1 aliphatic rings. The molecular formula is C18H16F6N5O2+. The normalized spacial score (nSPS) is 17.9. The Morgan fingerprint density at radius 2 is 1.68 bits per heavy atom. The average molecular weight is 448 g/mol. The molecule has 1 saturated heterocycles. The Kier molecular flexibility index (Phi) is 6.25. The summed E-state index contributed by atoms with van der Waals surface area (Å²) in [6.07, 6.45) is -6.28. The maximum atomic E-state index is 13.0. The van der Waals surface area contributed by atoms with Crippen molar-refractivity contribution in [1.29, 1.82) is 0 Å². The lowest BCUT2D eigenvalue weighted by atomic mass is 10.0. The fourth-order valence-corrected chi connectivity index (χ4v) is 2.83. The van der Waals surface area contributed by atoms with E-state index in [2.05, 4.69) is 15.2 Å². The van der Waals surface area contributed by atoms with E-state index >= 15 is 0 Å². The fraction of sp³-hybridized carbons (Fsp3) is 0.389. The third-order valence-corrected chi connectivity index (χ3v) is 4.41. The van der Waals surface area contributed by atoms with Crippen molar-refractivity contribution < 1.29 is 40.9 Å². The van der Waals surface area contributed by atoms with Gasteiger partial charge in [-0.1, -0.05) is 0 Å². The van der Waals surface area contributed by atoms with Gasteiger partial charge in [0.05, 0.1) is 17.2 Å². The quantitative estimate of drug-likeness (QED) is 0.442. The van der Waals surface area contributed by atoms with Gasteiger partial charge in [0.15, 0.2) is 18.9 Å². The van der Waals surface area contributed by atoms with Gasteiger partial charge in [-0.2, -0.15) is 26.3 Å². The number of aromatic nitrogens is 3. The summed E-state index contributed by atoms with van der Waals surface area (Å²) in [5, 5.41) is 17.0. The smallest absolute Gasteiger partial charge is 0.393 e. The van der Waals surface area contributed by atoms with Gasteiger partial charge in [0.1, 0.15) is 6.33 Å². The largest absolute Gasteiger partial charge is 0.416 e. The van der Waals surface area contributed by atoms with Gasteiger partial charge < -0.3 is 5.11 Å². The van der Waals surface area contributed by atoms with Gasteiger partial charge in [-0.3, -0.25) is 4.79 Å². The van der Waals surface area contributed by atoms with E-state index < -0.39 is 41.1 Å². The van der Waals surface area contributed by atoms with E-state index in [-0.39, 0.29) is 11.9 Å². The number of halogens is 6. The number of aliphatic hydroxyl groups excluding tert-OH is 1. The van der Waals surface area contributed by atoms with Crippen molar-refractivity contribution in [2.24, 2.45) is 5.11 Å². The molecule has 0 bridgehead atoms. The third-order valence-electron chi connectivity index (χ3n) is 4.41. The van der Waals surface area contributed by atoms with Crippen LogP contribution in [0.4, 0.5) is 26.3 Å². The number of azo groups is 2. The number of carbonyl (C=O) groups excluding carboxylic acids is 1. The summed E-state index contributed by atoms with van der Waals surface area (Å²) in [6, 6.07) is 1.05. The average Bonchev–Trinajstić information content (AvgIpc) is 3.16. The highest BCUT2D eigenvalue weighted by molar-refractivity contribution is 5.89. The summed E-state index contributed by atoms with van der Waals surface area (Å²) in [4.78, 5) is 15.6. The molecular weight excluding hydrogens is 432 g/mol. The first-order valence-corrected chi connectivity index (χ1v) is 8.99. The first kappa shape index (κ1) is 22.6. The predicted molar refractivity (Wildman–Crippen MR) is 93.5 cm³/mol. The Bertz CT molecular complexity index is 983. The number of hydrogen-bond donors (Lipinski definition) is 1. The first-order valence-electron chi connectivity index (χ1n) is 8.99. The van der Waals surface area contributed by atoms with Crippen LogP contribution in [0.15, 0.2) is 35.7 Å². The van der Waals surface area contributed by atoms with Crippen LogP contribution in [0.5, 0.6) is 0 Å².